The first kappa shape index (κ1) is 22.7. The normalized spacial score (nSPS) is 11.8. The zero-order valence-corrected chi connectivity index (χ0v) is 17.7. The molecule has 0 bridgehead atoms. The minimum atomic E-state index is -4.34. The van der Waals surface area contributed by atoms with E-state index >= 15 is 0 Å². The molecule has 0 aliphatic carbocycles. The number of hydrogen-bond donors (Lipinski definition) is 2. The lowest BCUT2D eigenvalue weighted by Gasteiger charge is -2.11. The number of halogens is 4. The minimum Gasteiger partial charge on any atom is -0.357 e. The van der Waals surface area contributed by atoms with Crippen molar-refractivity contribution < 1.29 is 13.2 Å². The van der Waals surface area contributed by atoms with E-state index < -0.39 is 11.7 Å². The highest BCUT2D eigenvalue weighted by Crippen LogP contribution is 2.29. The first-order valence-corrected chi connectivity index (χ1v) is 8.85. The van der Waals surface area contributed by atoms with Crippen molar-refractivity contribution in [3.63, 3.8) is 0 Å². The lowest BCUT2D eigenvalue weighted by atomic mass is 10.1. The van der Waals surface area contributed by atoms with Gasteiger partial charge < -0.3 is 10.6 Å². The molecule has 0 aliphatic heterocycles. The Hall–Kier alpha value is -1.36. The highest BCUT2D eigenvalue weighted by molar-refractivity contribution is 14.0. The van der Waals surface area contributed by atoms with Gasteiger partial charge in [-0.25, -0.2) is 9.98 Å². The molecule has 0 unspecified atom stereocenters. The second-order valence-electron chi connectivity index (χ2n) is 5.43. The van der Waals surface area contributed by atoms with Crippen LogP contribution in [0.3, 0.4) is 0 Å². The van der Waals surface area contributed by atoms with E-state index in [2.05, 4.69) is 20.6 Å². The third-order valence-electron chi connectivity index (χ3n) is 3.36. The van der Waals surface area contributed by atoms with E-state index in [1.807, 2.05) is 19.2 Å². The molecular weight excluding hydrogens is 476 g/mol. The molecule has 4 nitrogen and oxygen atoms in total. The van der Waals surface area contributed by atoms with Crippen molar-refractivity contribution in [2.45, 2.75) is 33.0 Å². The van der Waals surface area contributed by atoms with E-state index in [0.717, 1.165) is 29.3 Å². The van der Waals surface area contributed by atoms with E-state index in [9.17, 15) is 13.2 Å². The third-order valence-corrected chi connectivity index (χ3v) is 4.18. The van der Waals surface area contributed by atoms with Crippen LogP contribution in [0.2, 0.25) is 0 Å². The van der Waals surface area contributed by atoms with Crippen molar-refractivity contribution in [3.05, 3.63) is 51.5 Å². The molecule has 0 spiro atoms. The Labute approximate surface area is 172 Å². The van der Waals surface area contributed by atoms with Crippen LogP contribution in [0.5, 0.6) is 0 Å². The molecule has 0 amide bonds. The molecule has 0 radical (unpaired) electrons. The van der Waals surface area contributed by atoms with Crippen LogP contribution in [0.25, 0.3) is 0 Å². The Kier molecular flexibility index (Phi) is 9.34. The molecule has 26 heavy (non-hydrogen) atoms. The van der Waals surface area contributed by atoms with E-state index in [1.54, 1.807) is 17.4 Å². The topological polar surface area (TPSA) is 49.3 Å². The Morgan fingerprint density at radius 3 is 2.65 bits per heavy atom. The minimum absolute atomic E-state index is 0. The third kappa shape index (κ3) is 7.48. The van der Waals surface area contributed by atoms with Crippen LogP contribution >= 0.6 is 35.3 Å². The largest absolute Gasteiger partial charge is 0.416 e. The zero-order valence-electron chi connectivity index (χ0n) is 14.6. The fraction of sp³-hybridized carbons (Fsp3) is 0.412. The van der Waals surface area contributed by atoms with Crippen LogP contribution in [-0.2, 0) is 19.1 Å². The number of nitrogens with zero attached hydrogens (tertiary/aromatic N) is 2. The number of aliphatic imine (C=N–C) groups is 1. The average Bonchev–Trinajstić information content (AvgIpc) is 2.97. The van der Waals surface area contributed by atoms with Crippen LogP contribution < -0.4 is 10.6 Å². The Balaban J connectivity index is 0.00000338. The monoisotopic (exact) mass is 498 g/mol. The second-order valence-corrected chi connectivity index (χ2v) is 6.49. The van der Waals surface area contributed by atoms with Crippen molar-refractivity contribution in [2.24, 2.45) is 4.99 Å². The Morgan fingerprint density at radius 1 is 1.27 bits per heavy atom. The molecule has 2 N–H and O–H groups in total. The number of thiazole rings is 1. The maximum Gasteiger partial charge on any atom is 0.416 e. The number of nitrogens with one attached hydrogen (secondary N) is 2. The summed E-state index contributed by atoms with van der Waals surface area (Å²) in [4.78, 5) is 8.74. The Bertz CT molecular complexity index is 716. The number of guanidine groups is 1. The molecular formula is C17H22F3IN4S. The molecule has 0 saturated heterocycles. The lowest BCUT2D eigenvalue weighted by molar-refractivity contribution is -0.137. The van der Waals surface area contributed by atoms with Gasteiger partial charge in [0, 0.05) is 24.9 Å². The maximum absolute atomic E-state index is 12.8. The summed E-state index contributed by atoms with van der Waals surface area (Å²) < 4.78 is 38.3. The molecule has 2 rings (SSSR count). The van der Waals surface area contributed by atoms with Crippen LogP contribution in [0.1, 0.15) is 28.8 Å². The number of rotatable bonds is 6. The van der Waals surface area contributed by atoms with Gasteiger partial charge in [0.1, 0.15) is 0 Å². The zero-order chi connectivity index (χ0) is 18.3. The van der Waals surface area contributed by atoms with Gasteiger partial charge in [0.05, 0.1) is 22.8 Å². The standard InChI is InChI=1S/C17H21F3N4S.HI/c1-3-21-16(22-8-7-15-11-25-12(2)24-15)23-10-13-5-4-6-14(9-13)17(18,19)20;/h4-6,9,11H,3,7-8,10H2,1-2H3,(H2,21,22,23);1H. The van der Waals surface area contributed by atoms with Gasteiger partial charge in [0.2, 0.25) is 0 Å². The van der Waals surface area contributed by atoms with Crippen LogP contribution in [0, 0.1) is 6.92 Å². The maximum atomic E-state index is 12.8. The first-order chi connectivity index (χ1) is 11.9. The summed E-state index contributed by atoms with van der Waals surface area (Å²) in [5, 5.41) is 9.31. The smallest absolute Gasteiger partial charge is 0.357 e. The van der Waals surface area contributed by atoms with Gasteiger partial charge in [-0.2, -0.15) is 13.2 Å². The van der Waals surface area contributed by atoms with Gasteiger partial charge >= 0.3 is 6.18 Å². The summed E-state index contributed by atoms with van der Waals surface area (Å²) >= 11 is 1.61. The average molecular weight is 498 g/mol. The summed E-state index contributed by atoms with van der Waals surface area (Å²) in [6, 6.07) is 5.23. The molecule has 1 aromatic carbocycles. The number of alkyl halides is 3. The summed E-state index contributed by atoms with van der Waals surface area (Å²) in [5.74, 6) is 0.576. The molecule has 1 heterocycles. The van der Waals surface area contributed by atoms with E-state index in [4.69, 9.17) is 0 Å². The molecule has 2 aromatic rings. The Morgan fingerprint density at radius 2 is 2.04 bits per heavy atom. The summed E-state index contributed by atoms with van der Waals surface area (Å²) in [5.41, 5.74) is 0.878. The number of aromatic nitrogens is 1. The van der Waals surface area contributed by atoms with Gasteiger partial charge in [-0.05, 0) is 31.5 Å². The summed E-state index contributed by atoms with van der Waals surface area (Å²) in [6.07, 6.45) is -3.58. The van der Waals surface area contributed by atoms with E-state index in [-0.39, 0.29) is 30.5 Å². The van der Waals surface area contributed by atoms with E-state index in [1.165, 1.54) is 6.07 Å². The van der Waals surface area contributed by atoms with Crippen LogP contribution in [0.4, 0.5) is 13.2 Å². The fourth-order valence-corrected chi connectivity index (χ4v) is 2.84. The van der Waals surface area contributed by atoms with Gasteiger partial charge in [0.25, 0.3) is 0 Å². The second kappa shape index (κ2) is 10.7. The molecule has 0 saturated carbocycles. The molecule has 9 heteroatoms. The highest BCUT2D eigenvalue weighted by Gasteiger charge is 2.30. The van der Waals surface area contributed by atoms with Gasteiger partial charge in [0.15, 0.2) is 5.96 Å². The first-order valence-electron chi connectivity index (χ1n) is 7.98. The van der Waals surface area contributed by atoms with E-state index in [0.29, 0.717) is 24.6 Å². The van der Waals surface area contributed by atoms with Crippen molar-refractivity contribution in [1.29, 1.82) is 0 Å². The van der Waals surface area contributed by atoms with Crippen LogP contribution in [-0.4, -0.2) is 24.0 Å². The van der Waals surface area contributed by atoms with Crippen molar-refractivity contribution in [1.82, 2.24) is 15.6 Å². The summed E-state index contributed by atoms with van der Waals surface area (Å²) in [6.45, 7) is 5.39. The van der Waals surface area contributed by atoms with Gasteiger partial charge in [-0.3, -0.25) is 0 Å². The fourth-order valence-electron chi connectivity index (χ4n) is 2.19. The lowest BCUT2D eigenvalue weighted by Crippen LogP contribution is -2.38. The number of hydrogen-bond acceptors (Lipinski definition) is 3. The van der Waals surface area contributed by atoms with Gasteiger partial charge in [-0.15, -0.1) is 35.3 Å². The van der Waals surface area contributed by atoms with Gasteiger partial charge in [-0.1, -0.05) is 12.1 Å². The SMILES string of the molecule is CCNC(=NCc1cccc(C(F)(F)F)c1)NCCc1csc(C)n1.I. The molecule has 0 aliphatic rings. The van der Waals surface area contributed by atoms with Crippen molar-refractivity contribution >= 4 is 41.3 Å². The molecule has 1 aromatic heterocycles. The van der Waals surface area contributed by atoms with Crippen molar-refractivity contribution in [3.8, 4) is 0 Å². The highest BCUT2D eigenvalue weighted by atomic mass is 127. The number of benzene rings is 1. The predicted molar refractivity (Wildman–Crippen MR) is 110 cm³/mol. The molecule has 144 valence electrons. The number of aryl methyl sites for hydroxylation is 1. The molecule has 0 atom stereocenters. The van der Waals surface area contributed by atoms with Crippen molar-refractivity contribution in [2.75, 3.05) is 13.1 Å². The summed E-state index contributed by atoms with van der Waals surface area (Å²) in [7, 11) is 0. The van der Waals surface area contributed by atoms with Crippen LogP contribution in [0.15, 0.2) is 34.6 Å². The molecule has 0 fully saturated rings. The quantitative estimate of drug-likeness (QED) is 0.353. The predicted octanol–water partition coefficient (Wildman–Crippen LogP) is 4.39.